The van der Waals surface area contributed by atoms with Crippen LogP contribution in [-0.4, -0.2) is 57.9 Å². The number of hydrogen-bond acceptors (Lipinski definition) is 5. The molecule has 8 heteroatoms. The van der Waals surface area contributed by atoms with Crippen LogP contribution in [0, 0.1) is 6.92 Å². The summed E-state index contributed by atoms with van der Waals surface area (Å²) in [6, 6.07) is 6.16. The molecule has 0 unspecified atom stereocenters. The SMILES string of the molecule is Cc1ccc(S(=O)(=O)N(C[C@H]2CCCO2)[C@@H]2CCS(=O)(=O)C2)cc1. The van der Waals surface area contributed by atoms with Crippen molar-refractivity contribution in [3.05, 3.63) is 29.8 Å². The summed E-state index contributed by atoms with van der Waals surface area (Å²) in [6.07, 6.45) is 1.90. The molecule has 6 nitrogen and oxygen atoms in total. The number of sulfone groups is 1. The highest BCUT2D eigenvalue weighted by molar-refractivity contribution is 7.92. The largest absolute Gasteiger partial charge is 0.377 e. The molecule has 2 aliphatic heterocycles. The highest BCUT2D eigenvalue weighted by Crippen LogP contribution is 2.27. The van der Waals surface area contributed by atoms with Crippen LogP contribution in [0.2, 0.25) is 0 Å². The van der Waals surface area contributed by atoms with Gasteiger partial charge in [0.1, 0.15) is 0 Å². The Hall–Kier alpha value is -0.960. The van der Waals surface area contributed by atoms with Gasteiger partial charge in [-0.2, -0.15) is 4.31 Å². The number of aryl methyl sites for hydroxylation is 1. The van der Waals surface area contributed by atoms with Crippen molar-refractivity contribution in [3.63, 3.8) is 0 Å². The Labute approximate surface area is 143 Å². The molecule has 0 aliphatic carbocycles. The third-order valence-corrected chi connectivity index (χ3v) is 8.33. The van der Waals surface area contributed by atoms with Crippen LogP contribution in [0.15, 0.2) is 29.2 Å². The lowest BCUT2D eigenvalue weighted by molar-refractivity contribution is 0.0877. The summed E-state index contributed by atoms with van der Waals surface area (Å²) in [5.41, 5.74) is 0.975. The average Bonchev–Trinajstić information content (AvgIpc) is 3.14. The number of nitrogens with zero attached hydrogens (tertiary/aromatic N) is 1. The topological polar surface area (TPSA) is 80.8 Å². The summed E-state index contributed by atoms with van der Waals surface area (Å²) >= 11 is 0. The Morgan fingerprint density at radius 1 is 1.21 bits per heavy atom. The third kappa shape index (κ3) is 3.82. The van der Waals surface area contributed by atoms with Gasteiger partial charge in [0.2, 0.25) is 10.0 Å². The second kappa shape index (κ2) is 6.74. The van der Waals surface area contributed by atoms with Gasteiger partial charge >= 0.3 is 0 Å². The second-order valence-electron chi connectivity index (χ2n) is 6.58. The van der Waals surface area contributed by atoms with E-state index < -0.39 is 25.9 Å². The Morgan fingerprint density at radius 3 is 2.46 bits per heavy atom. The molecule has 2 saturated heterocycles. The van der Waals surface area contributed by atoms with Crippen LogP contribution in [0.1, 0.15) is 24.8 Å². The molecule has 0 spiro atoms. The lowest BCUT2D eigenvalue weighted by Gasteiger charge is -2.29. The smallest absolute Gasteiger partial charge is 0.243 e. The summed E-state index contributed by atoms with van der Waals surface area (Å²) in [6.45, 7) is 2.74. The zero-order valence-electron chi connectivity index (χ0n) is 13.7. The molecule has 134 valence electrons. The summed E-state index contributed by atoms with van der Waals surface area (Å²) in [7, 11) is -6.92. The molecule has 2 aliphatic rings. The van der Waals surface area contributed by atoms with E-state index in [4.69, 9.17) is 4.74 Å². The van der Waals surface area contributed by atoms with Crippen LogP contribution < -0.4 is 0 Å². The van der Waals surface area contributed by atoms with E-state index in [-0.39, 0.29) is 29.0 Å². The maximum atomic E-state index is 13.1. The standard InChI is InChI=1S/C16H23NO5S2/c1-13-4-6-16(7-5-13)24(20,21)17(11-15-3-2-9-22-15)14-8-10-23(18,19)12-14/h4-7,14-15H,2-3,8-12H2,1H3/t14-,15-/m1/s1. The first-order valence-electron chi connectivity index (χ1n) is 8.18. The molecule has 1 aromatic carbocycles. The Balaban J connectivity index is 1.91. The van der Waals surface area contributed by atoms with Crippen molar-refractivity contribution in [2.75, 3.05) is 24.7 Å². The minimum atomic E-state index is -3.75. The summed E-state index contributed by atoms with van der Waals surface area (Å²) in [4.78, 5) is 0.204. The monoisotopic (exact) mass is 373 g/mol. The molecule has 2 fully saturated rings. The van der Waals surface area contributed by atoms with Crippen molar-refractivity contribution in [2.45, 2.75) is 43.2 Å². The van der Waals surface area contributed by atoms with Gasteiger partial charge in [0.05, 0.1) is 22.5 Å². The first-order valence-corrected chi connectivity index (χ1v) is 11.4. The van der Waals surface area contributed by atoms with Gasteiger partial charge in [-0.3, -0.25) is 0 Å². The van der Waals surface area contributed by atoms with Crippen LogP contribution in [0.5, 0.6) is 0 Å². The maximum Gasteiger partial charge on any atom is 0.243 e. The van der Waals surface area contributed by atoms with Crippen LogP contribution in [-0.2, 0) is 24.6 Å². The van der Waals surface area contributed by atoms with Gasteiger partial charge in [0, 0.05) is 19.2 Å². The molecule has 0 amide bonds. The minimum Gasteiger partial charge on any atom is -0.377 e. The second-order valence-corrected chi connectivity index (χ2v) is 10.7. The highest BCUT2D eigenvalue weighted by atomic mass is 32.2. The van der Waals surface area contributed by atoms with Crippen molar-refractivity contribution in [3.8, 4) is 0 Å². The Morgan fingerprint density at radius 2 is 1.92 bits per heavy atom. The number of sulfonamides is 1. The molecule has 2 atom stereocenters. The predicted molar refractivity (Wildman–Crippen MR) is 91.1 cm³/mol. The zero-order valence-corrected chi connectivity index (χ0v) is 15.4. The first-order chi connectivity index (χ1) is 11.3. The highest BCUT2D eigenvalue weighted by Gasteiger charge is 2.40. The molecule has 3 rings (SSSR count). The van der Waals surface area contributed by atoms with E-state index in [1.807, 2.05) is 6.92 Å². The normalized spacial score (nSPS) is 26.9. The number of benzene rings is 1. The molecular formula is C16H23NO5S2. The molecule has 0 bridgehead atoms. The molecule has 0 saturated carbocycles. The molecule has 0 aromatic heterocycles. The fourth-order valence-electron chi connectivity index (χ4n) is 3.28. The van der Waals surface area contributed by atoms with Crippen molar-refractivity contribution in [2.24, 2.45) is 0 Å². The van der Waals surface area contributed by atoms with E-state index in [0.29, 0.717) is 13.0 Å². The lowest BCUT2D eigenvalue weighted by Crippen LogP contribution is -2.45. The van der Waals surface area contributed by atoms with Gasteiger partial charge in [-0.15, -0.1) is 0 Å². The molecule has 0 radical (unpaired) electrons. The fourth-order valence-corrected chi connectivity index (χ4v) is 6.79. The summed E-state index contributed by atoms with van der Waals surface area (Å²) in [5, 5.41) is 0. The van der Waals surface area contributed by atoms with Gasteiger partial charge in [-0.05, 0) is 38.3 Å². The van der Waals surface area contributed by atoms with Crippen LogP contribution in [0.3, 0.4) is 0 Å². The zero-order chi connectivity index (χ0) is 17.4. The van der Waals surface area contributed by atoms with Gasteiger partial charge in [0.15, 0.2) is 9.84 Å². The number of rotatable bonds is 5. The van der Waals surface area contributed by atoms with E-state index in [1.165, 1.54) is 4.31 Å². The Kier molecular flexibility index (Phi) is 5.01. The van der Waals surface area contributed by atoms with Crippen molar-refractivity contribution in [1.82, 2.24) is 4.31 Å². The van der Waals surface area contributed by atoms with Crippen LogP contribution in [0.25, 0.3) is 0 Å². The fraction of sp³-hybridized carbons (Fsp3) is 0.625. The molecule has 2 heterocycles. The van der Waals surface area contributed by atoms with Gasteiger partial charge < -0.3 is 4.74 Å². The quantitative estimate of drug-likeness (QED) is 0.778. The average molecular weight is 373 g/mol. The number of ether oxygens (including phenoxy) is 1. The lowest BCUT2D eigenvalue weighted by atomic mass is 10.2. The van der Waals surface area contributed by atoms with Crippen LogP contribution >= 0.6 is 0 Å². The minimum absolute atomic E-state index is 0.0448. The van der Waals surface area contributed by atoms with Crippen molar-refractivity contribution in [1.29, 1.82) is 0 Å². The molecule has 0 N–H and O–H groups in total. The van der Waals surface area contributed by atoms with Crippen molar-refractivity contribution < 1.29 is 21.6 Å². The van der Waals surface area contributed by atoms with E-state index in [9.17, 15) is 16.8 Å². The summed E-state index contributed by atoms with van der Waals surface area (Å²) in [5.74, 6) is -0.0616. The predicted octanol–water partition coefficient (Wildman–Crippen LogP) is 1.35. The van der Waals surface area contributed by atoms with Gasteiger partial charge in [-0.25, -0.2) is 16.8 Å². The molecular weight excluding hydrogens is 350 g/mol. The maximum absolute atomic E-state index is 13.1. The van der Waals surface area contributed by atoms with E-state index in [0.717, 1.165) is 18.4 Å². The van der Waals surface area contributed by atoms with Crippen molar-refractivity contribution >= 4 is 19.9 Å². The third-order valence-electron chi connectivity index (χ3n) is 4.65. The number of hydrogen-bond donors (Lipinski definition) is 0. The van der Waals surface area contributed by atoms with Gasteiger partial charge in [-0.1, -0.05) is 17.7 Å². The molecule has 24 heavy (non-hydrogen) atoms. The molecule has 1 aromatic rings. The van der Waals surface area contributed by atoms with Gasteiger partial charge in [0.25, 0.3) is 0 Å². The van der Waals surface area contributed by atoms with E-state index in [2.05, 4.69) is 0 Å². The summed E-state index contributed by atoms with van der Waals surface area (Å²) < 4.78 is 56.8. The van der Waals surface area contributed by atoms with Crippen LogP contribution in [0.4, 0.5) is 0 Å². The van der Waals surface area contributed by atoms with E-state index >= 15 is 0 Å². The van der Waals surface area contributed by atoms with E-state index in [1.54, 1.807) is 24.3 Å². The first kappa shape index (κ1) is 17.8. The Bertz CT molecular complexity index is 780.